The summed E-state index contributed by atoms with van der Waals surface area (Å²) in [6.45, 7) is 3.33. The lowest BCUT2D eigenvalue weighted by molar-refractivity contribution is 0.0730. The summed E-state index contributed by atoms with van der Waals surface area (Å²) in [4.78, 5) is 19.7. The molecule has 1 aliphatic heterocycles. The minimum Gasteiger partial charge on any atom is -0.497 e. The van der Waals surface area contributed by atoms with Crippen LogP contribution >= 0.6 is 0 Å². The molecule has 7 heteroatoms. The summed E-state index contributed by atoms with van der Waals surface area (Å²) >= 11 is 0. The minimum atomic E-state index is -0.294. The number of H-pyrrole nitrogens is 1. The number of hydrogen-bond donors (Lipinski definition) is 1. The van der Waals surface area contributed by atoms with Crippen LogP contribution in [-0.2, 0) is 6.54 Å². The molecule has 0 aliphatic carbocycles. The van der Waals surface area contributed by atoms with Crippen LogP contribution < -0.4 is 9.47 Å². The molecule has 0 bridgehead atoms. The van der Waals surface area contributed by atoms with E-state index in [1.165, 1.54) is 0 Å². The number of hydrogen-bond acceptors (Lipinski definition) is 5. The third-order valence-corrected chi connectivity index (χ3v) is 6.52. The van der Waals surface area contributed by atoms with Gasteiger partial charge >= 0.3 is 0 Å². The fourth-order valence-corrected chi connectivity index (χ4v) is 4.65. The van der Waals surface area contributed by atoms with Crippen LogP contribution in [0, 0.1) is 0 Å². The smallest absolute Gasteiger partial charge is 0.273 e. The standard InChI is InChI=1S/C29H30N4O3/c1-3-4-5-17-36-24-14-10-22(11-15-24)28-25-26(21-8-12-23(35-2)13-9-21)31-32-27(25)29(34)33(28)19-20-7-6-16-30-18-20/h6-16,18,28H,3-5,17,19H2,1-2H3,(H,31,32). The fourth-order valence-electron chi connectivity index (χ4n) is 4.65. The summed E-state index contributed by atoms with van der Waals surface area (Å²) in [6, 6.07) is 19.4. The maximum absolute atomic E-state index is 13.6. The quantitative estimate of drug-likeness (QED) is 0.289. The van der Waals surface area contributed by atoms with Crippen LogP contribution in [0.5, 0.6) is 11.5 Å². The molecule has 4 aromatic rings. The second-order valence-corrected chi connectivity index (χ2v) is 8.91. The summed E-state index contributed by atoms with van der Waals surface area (Å²) < 4.78 is 11.2. The number of amides is 1. The molecular weight excluding hydrogens is 452 g/mol. The first-order chi connectivity index (χ1) is 17.7. The molecule has 2 aromatic carbocycles. The Bertz CT molecular complexity index is 1300. The van der Waals surface area contributed by atoms with E-state index in [2.05, 4.69) is 22.1 Å². The number of ether oxygens (including phenoxy) is 2. The number of fused-ring (bicyclic) bond motifs is 1. The summed E-state index contributed by atoms with van der Waals surface area (Å²) in [6.07, 6.45) is 6.89. The molecule has 5 rings (SSSR count). The van der Waals surface area contributed by atoms with Crippen molar-refractivity contribution in [1.29, 1.82) is 0 Å². The molecule has 0 radical (unpaired) electrons. The Kier molecular flexibility index (Phi) is 6.98. The van der Waals surface area contributed by atoms with Crippen molar-refractivity contribution < 1.29 is 14.3 Å². The molecule has 36 heavy (non-hydrogen) atoms. The zero-order valence-electron chi connectivity index (χ0n) is 20.6. The third-order valence-electron chi connectivity index (χ3n) is 6.52. The second kappa shape index (κ2) is 10.6. The van der Waals surface area contributed by atoms with Crippen molar-refractivity contribution >= 4 is 5.91 Å². The molecule has 1 unspecified atom stereocenters. The van der Waals surface area contributed by atoms with Gasteiger partial charge in [0.05, 0.1) is 25.5 Å². The van der Waals surface area contributed by atoms with Crippen LogP contribution in [0.15, 0.2) is 73.1 Å². The Labute approximate surface area is 211 Å². The number of benzene rings is 2. The Morgan fingerprint density at radius 2 is 1.78 bits per heavy atom. The Balaban J connectivity index is 1.51. The molecule has 0 spiro atoms. The monoisotopic (exact) mass is 482 g/mol. The summed E-state index contributed by atoms with van der Waals surface area (Å²) in [5.74, 6) is 1.53. The average molecular weight is 483 g/mol. The highest BCUT2D eigenvalue weighted by atomic mass is 16.5. The number of carbonyl (C=O) groups excluding carboxylic acids is 1. The number of aromatic amines is 1. The molecule has 1 atom stereocenters. The van der Waals surface area contributed by atoms with Crippen LogP contribution in [0.4, 0.5) is 0 Å². The van der Waals surface area contributed by atoms with Crippen LogP contribution in [0.2, 0.25) is 0 Å². The van der Waals surface area contributed by atoms with Gasteiger partial charge in [0, 0.05) is 30.1 Å². The minimum absolute atomic E-state index is 0.0778. The number of nitrogens with one attached hydrogen (secondary N) is 1. The Hall–Kier alpha value is -4.13. The maximum atomic E-state index is 13.6. The van der Waals surface area contributed by atoms with Gasteiger partial charge in [-0.25, -0.2) is 0 Å². The lowest BCUT2D eigenvalue weighted by Crippen LogP contribution is -2.29. The first kappa shape index (κ1) is 23.6. The van der Waals surface area contributed by atoms with Crippen molar-refractivity contribution in [3.05, 3.63) is 95.4 Å². The van der Waals surface area contributed by atoms with Crippen LogP contribution in [0.1, 0.15) is 59.4 Å². The van der Waals surface area contributed by atoms with Crippen molar-refractivity contribution in [3.63, 3.8) is 0 Å². The number of nitrogens with zero attached hydrogens (tertiary/aromatic N) is 3. The van der Waals surface area contributed by atoms with E-state index < -0.39 is 0 Å². The molecule has 1 amide bonds. The number of pyridine rings is 1. The van der Waals surface area contributed by atoms with Gasteiger partial charge in [0.1, 0.15) is 17.2 Å². The Morgan fingerprint density at radius 3 is 2.47 bits per heavy atom. The zero-order valence-corrected chi connectivity index (χ0v) is 20.6. The van der Waals surface area contributed by atoms with Gasteiger partial charge in [0.25, 0.3) is 5.91 Å². The summed E-state index contributed by atoms with van der Waals surface area (Å²) in [5.41, 5.74) is 5.06. The highest BCUT2D eigenvalue weighted by Gasteiger charge is 2.42. The molecule has 1 N–H and O–H groups in total. The van der Waals surface area contributed by atoms with Gasteiger partial charge < -0.3 is 14.4 Å². The molecule has 2 aromatic heterocycles. The van der Waals surface area contributed by atoms with Gasteiger partial charge in [-0.2, -0.15) is 5.10 Å². The third kappa shape index (κ3) is 4.69. The van der Waals surface area contributed by atoms with E-state index in [1.54, 1.807) is 19.5 Å². The van der Waals surface area contributed by atoms with Gasteiger partial charge in [-0.05, 0) is 60.0 Å². The predicted molar refractivity (Wildman–Crippen MR) is 138 cm³/mol. The average Bonchev–Trinajstić information content (AvgIpc) is 3.47. The number of unbranched alkanes of at least 4 members (excludes halogenated alkanes) is 2. The number of methoxy groups -OCH3 is 1. The highest BCUT2D eigenvalue weighted by Crippen LogP contribution is 2.43. The molecule has 184 valence electrons. The van der Waals surface area contributed by atoms with Gasteiger partial charge in [0.15, 0.2) is 0 Å². The van der Waals surface area contributed by atoms with Crippen LogP contribution in [0.25, 0.3) is 11.3 Å². The van der Waals surface area contributed by atoms with Crippen molar-refractivity contribution in [2.75, 3.05) is 13.7 Å². The van der Waals surface area contributed by atoms with E-state index in [0.29, 0.717) is 18.8 Å². The molecule has 1 aliphatic rings. The van der Waals surface area contributed by atoms with Crippen LogP contribution in [0.3, 0.4) is 0 Å². The van der Waals surface area contributed by atoms with Crippen molar-refractivity contribution in [2.24, 2.45) is 0 Å². The maximum Gasteiger partial charge on any atom is 0.273 e. The second-order valence-electron chi connectivity index (χ2n) is 8.91. The lowest BCUT2D eigenvalue weighted by atomic mass is 9.96. The van der Waals surface area contributed by atoms with E-state index in [1.807, 2.05) is 65.6 Å². The molecular formula is C29H30N4O3. The summed E-state index contributed by atoms with van der Waals surface area (Å²) in [7, 11) is 1.64. The van der Waals surface area contributed by atoms with E-state index in [9.17, 15) is 4.79 Å². The predicted octanol–water partition coefficient (Wildman–Crippen LogP) is 5.79. The summed E-state index contributed by atoms with van der Waals surface area (Å²) in [5, 5.41) is 7.57. The Morgan fingerprint density at radius 1 is 1.00 bits per heavy atom. The molecule has 3 heterocycles. The van der Waals surface area contributed by atoms with Gasteiger partial charge in [-0.15, -0.1) is 0 Å². The van der Waals surface area contributed by atoms with Crippen molar-refractivity contribution in [2.45, 2.75) is 38.8 Å². The van der Waals surface area contributed by atoms with Gasteiger partial charge in [-0.3, -0.25) is 14.9 Å². The van der Waals surface area contributed by atoms with Crippen molar-refractivity contribution in [3.8, 4) is 22.8 Å². The number of carbonyl (C=O) groups is 1. The van der Waals surface area contributed by atoms with Crippen molar-refractivity contribution in [1.82, 2.24) is 20.1 Å². The molecule has 7 nitrogen and oxygen atoms in total. The molecule has 0 fully saturated rings. The topological polar surface area (TPSA) is 80.3 Å². The van der Waals surface area contributed by atoms with E-state index >= 15 is 0 Å². The first-order valence-electron chi connectivity index (χ1n) is 12.3. The van der Waals surface area contributed by atoms with E-state index in [-0.39, 0.29) is 11.9 Å². The molecule has 0 saturated heterocycles. The van der Waals surface area contributed by atoms with Gasteiger partial charge in [-0.1, -0.05) is 38.0 Å². The fraction of sp³-hybridized carbons (Fsp3) is 0.276. The number of aromatic nitrogens is 3. The zero-order chi connectivity index (χ0) is 24.9. The normalized spacial score (nSPS) is 14.7. The lowest BCUT2D eigenvalue weighted by Gasteiger charge is -2.26. The van der Waals surface area contributed by atoms with E-state index in [4.69, 9.17) is 9.47 Å². The number of rotatable bonds is 10. The van der Waals surface area contributed by atoms with E-state index in [0.717, 1.165) is 58.7 Å². The van der Waals surface area contributed by atoms with Crippen LogP contribution in [-0.4, -0.2) is 39.7 Å². The highest BCUT2D eigenvalue weighted by molar-refractivity contribution is 6.00. The van der Waals surface area contributed by atoms with Gasteiger partial charge in [0.2, 0.25) is 0 Å². The molecule has 0 saturated carbocycles. The SMILES string of the molecule is CCCCCOc1ccc(C2c3c(-c4ccc(OC)cc4)n[nH]c3C(=O)N2Cc2cccnc2)cc1. The largest absolute Gasteiger partial charge is 0.497 e. The first-order valence-corrected chi connectivity index (χ1v) is 12.3.